The number of benzene rings is 1. The zero-order valence-electron chi connectivity index (χ0n) is 11.1. The van der Waals surface area contributed by atoms with Gasteiger partial charge in [0.15, 0.2) is 0 Å². The summed E-state index contributed by atoms with van der Waals surface area (Å²) in [5, 5.41) is 2.95. The minimum Gasteiger partial charge on any atom is -0.330 e. The van der Waals surface area contributed by atoms with Gasteiger partial charge in [-0.15, -0.1) is 0 Å². The van der Waals surface area contributed by atoms with Crippen LogP contribution in [0.2, 0.25) is 0 Å². The quantitative estimate of drug-likeness (QED) is 0.841. The van der Waals surface area contributed by atoms with E-state index >= 15 is 0 Å². The van der Waals surface area contributed by atoms with Gasteiger partial charge in [0.05, 0.1) is 0 Å². The van der Waals surface area contributed by atoms with Crippen molar-refractivity contribution in [3.8, 4) is 0 Å². The molecule has 0 saturated heterocycles. The average molecular weight is 234 g/mol. The molecule has 1 amide bonds. The molecule has 3 N–H and O–H groups in total. The summed E-state index contributed by atoms with van der Waals surface area (Å²) in [4.78, 5) is 11.8. The normalized spacial score (nSPS) is 12.3. The lowest BCUT2D eigenvalue weighted by molar-refractivity contribution is -0.116. The lowest BCUT2D eigenvalue weighted by Crippen LogP contribution is -2.20. The molecule has 0 saturated carbocycles. The maximum Gasteiger partial charge on any atom is 0.224 e. The second-order valence-electron chi connectivity index (χ2n) is 4.84. The lowest BCUT2D eigenvalue weighted by Gasteiger charge is -2.13. The SMILES string of the molecule is Cc1cc(C)c(NC(=O)CC(C)CN)cc1C. The van der Waals surface area contributed by atoms with Gasteiger partial charge in [0.1, 0.15) is 0 Å². The molecule has 0 aliphatic carbocycles. The molecule has 0 aliphatic heterocycles. The molecule has 17 heavy (non-hydrogen) atoms. The largest absolute Gasteiger partial charge is 0.330 e. The molecule has 94 valence electrons. The van der Waals surface area contributed by atoms with Gasteiger partial charge in [-0.25, -0.2) is 0 Å². The summed E-state index contributed by atoms with van der Waals surface area (Å²) in [6.07, 6.45) is 0.475. The van der Waals surface area contributed by atoms with Crippen LogP contribution in [0.4, 0.5) is 5.69 Å². The molecule has 1 rings (SSSR count). The first-order chi connectivity index (χ1) is 7.93. The molecule has 0 aromatic heterocycles. The van der Waals surface area contributed by atoms with Crippen LogP contribution in [-0.2, 0) is 4.79 Å². The van der Waals surface area contributed by atoms with Gasteiger partial charge in [-0.2, -0.15) is 0 Å². The number of nitrogens with one attached hydrogen (secondary N) is 1. The van der Waals surface area contributed by atoms with Gasteiger partial charge in [0.25, 0.3) is 0 Å². The Morgan fingerprint density at radius 1 is 1.24 bits per heavy atom. The van der Waals surface area contributed by atoms with Crippen molar-refractivity contribution in [3.05, 3.63) is 28.8 Å². The number of carbonyl (C=O) groups excluding carboxylic acids is 1. The first kappa shape index (κ1) is 13.7. The fourth-order valence-corrected chi connectivity index (χ4v) is 1.70. The summed E-state index contributed by atoms with van der Waals surface area (Å²) in [6.45, 7) is 8.65. The Morgan fingerprint density at radius 3 is 2.41 bits per heavy atom. The van der Waals surface area contributed by atoms with E-state index in [4.69, 9.17) is 5.73 Å². The van der Waals surface area contributed by atoms with Crippen LogP contribution >= 0.6 is 0 Å². The highest BCUT2D eigenvalue weighted by molar-refractivity contribution is 5.91. The van der Waals surface area contributed by atoms with Crippen molar-refractivity contribution < 1.29 is 4.79 Å². The molecule has 0 fully saturated rings. The van der Waals surface area contributed by atoms with E-state index < -0.39 is 0 Å². The Morgan fingerprint density at radius 2 is 1.82 bits per heavy atom. The van der Waals surface area contributed by atoms with E-state index in [1.54, 1.807) is 0 Å². The Labute approximate surface area is 103 Å². The van der Waals surface area contributed by atoms with E-state index in [2.05, 4.69) is 18.3 Å². The maximum atomic E-state index is 11.8. The zero-order chi connectivity index (χ0) is 13.0. The van der Waals surface area contributed by atoms with E-state index in [1.807, 2.05) is 26.8 Å². The average Bonchev–Trinajstić information content (AvgIpc) is 2.25. The zero-order valence-corrected chi connectivity index (χ0v) is 11.1. The van der Waals surface area contributed by atoms with Crippen LogP contribution in [0.3, 0.4) is 0 Å². The Kier molecular flexibility index (Phi) is 4.70. The topological polar surface area (TPSA) is 55.1 Å². The summed E-state index contributed by atoms with van der Waals surface area (Å²) in [5.41, 5.74) is 9.95. The third kappa shape index (κ3) is 3.86. The Bertz CT molecular complexity index is 413. The fraction of sp³-hybridized carbons (Fsp3) is 0.500. The van der Waals surface area contributed by atoms with E-state index in [0.717, 1.165) is 11.3 Å². The van der Waals surface area contributed by atoms with Crippen LogP contribution in [0.5, 0.6) is 0 Å². The van der Waals surface area contributed by atoms with E-state index in [-0.39, 0.29) is 11.8 Å². The second kappa shape index (κ2) is 5.82. The molecular formula is C14H22N2O. The van der Waals surface area contributed by atoms with Crippen LogP contribution in [0.15, 0.2) is 12.1 Å². The van der Waals surface area contributed by atoms with Gasteiger partial charge in [0.2, 0.25) is 5.91 Å². The van der Waals surface area contributed by atoms with Crippen molar-refractivity contribution >= 4 is 11.6 Å². The minimum atomic E-state index is 0.0364. The number of carbonyl (C=O) groups is 1. The first-order valence-corrected chi connectivity index (χ1v) is 6.01. The van der Waals surface area contributed by atoms with Gasteiger partial charge in [-0.3, -0.25) is 4.79 Å². The van der Waals surface area contributed by atoms with Crippen molar-refractivity contribution in [1.82, 2.24) is 0 Å². The van der Waals surface area contributed by atoms with Crippen LogP contribution < -0.4 is 11.1 Å². The standard InChI is InChI=1S/C14H22N2O/c1-9(8-15)5-14(17)16-13-7-11(3)10(2)6-12(13)4/h6-7,9H,5,8,15H2,1-4H3,(H,16,17). The molecule has 1 unspecified atom stereocenters. The van der Waals surface area contributed by atoms with Crippen LogP contribution in [0, 0.1) is 26.7 Å². The number of amides is 1. The maximum absolute atomic E-state index is 11.8. The second-order valence-corrected chi connectivity index (χ2v) is 4.84. The predicted molar refractivity (Wildman–Crippen MR) is 72.1 cm³/mol. The highest BCUT2D eigenvalue weighted by Gasteiger charge is 2.09. The number of nitrogens with two attached hydrogens (primary N) is 1. The van der Waals surface area contributed by atoms with Crippen LogP contribution in [0.1, 0.15) is 30.0 Å². The number of hydrogen-bond donors (Lipinski definition) is 2. The molecule has 1 aromatic carbocycles. The molecule has 0 spiro atoms. The van der Waals surface area contributed by atoms with Crippen molar-refractivity contribution in [1.29, 1.82) is 0 Å². The smallest absolute Gasteiger partial charge is 0.224 e. The van der Waals surface area contributed by atoms with E-state index in [1.165, 1.54) is 11.1 Å². The number of aryl methyl sites for hydroxylation is 3. The van der Waals surface area contributed by atoms with Gasteiger partial charge >= 0.3 is 0 Å². The van der Waals surface area contributed by atoms with Crippen molar-refractivity contribution in [2.24, 2.45) is 11.7 Å². The first-order valence-electron chi connectivity index (χ1n) is 6.01. The summed E-state index contributed by atoms with van der Waals surface area (Å²) >= 11 is 0. The molecule has 1 aromatic rings. The van der Waals surface area contributed by atoms with Crippen molar-refractivity contribution in [2.75, 3.05) is 11.9 Å². The number of rotatable bonds is 4. The fourth-order valence-electron chi connectivity index (χ4n) is 1.70. The predicted octanol–water partition coefficient (Wildman–Crippen LogP) is 2.54. The van der Waals surface area contributed by atoms with Crippen LogP contribution in [0.25, 0.3) is 0 Å². The lowest BCUT2D eigenvalue weighted by atomic mass is 10.0. The molecule has 0 radical (unpaired) electrons. The third-order valence-corrected chi connectivity index (χ3v) is 3.05. The van der Waals surface area contributed by atoms with Gasteiger partial charge in [0, 0.05) is 12.1 Å². The highest BCUT2D eigenvalue weighted by Crippen LogP contribution is 2.20. The van der Waals surface area contributed by atoms with Gasteiger partial charge in [-0.1, -0.05) is 13.0 Å². The van der Waals surface area contributed by atoms with Crippen LogP contribution in [-0.4, -0.2) is 12.5 Å². The van der Waals surface area contributed by atoms with E-state index in [0.29, 0.717) is 13.0 Å². The van der Waals surface area contributed by atoms with Gasteiger partial charge < -0.3 is 11.1 Å². The molecule has 0 bridgehead atoms. The summed E-state index contributed by atoms with van der Waals surface area (Å²) in [6, 6.07) is 4.12. The highest BCUT2D eigenvalue weighted by atomic mass is 16.1. The summed E-state index contributed by atoms with van der Waals surface area (Å²) in [7, 11) is 0. The summed E-state index contributed by atoms with van der Waals surface area (Å²) < 4.78 is 0. The number of hydrogen-bond acceptors (Lipinski definition) is 2. The Balaban J connectivity index is 2.75. The molecular weight excluding hydrogens is 212 g/mol. The monoisotopic (exact) mass is 234 g/mol. The summed E-state index contributed by atoms with van der Waals surface area (Å²) in [5.74, 6) is 0.260. The third-order valence-electron chi connectivity index (χ3n) is 3.05. The van der Waals surface area contributed by atoms with Crippen molar-refractivity contribution in [2.45, 2.75) is 34.1 Å². The molecule has 3 nitrogen and oxygen atoms in total. The molecule has 0 heterocycles. The molecule has 3 heteroatoms. The van der Waals surface area contributed by atoms with E-state index in [9.17, 15) is 4.79 Å². The molecule has 0 aliphatic rings. The van der Waals surface area contributed by atoms with Gasteiger partial charge in [-0.05, 0) is 56.0 Å². The Hall–Kier alpha value is -1.35. The van der Waals surface area contributed by atoms with Crippen molar-refractivity contribution in [3.63, 3.8) is 0 Å². The molecule has 1 atom stereocenters. The number of anilines is 1. The minimum absolute atomic E-state index is 0.0364.